The molecule has 0 radical (unpaired) electrons. The smallest absolute Gasteiger partial charge is 0.320 e. The highest BCUT2D eigenvalue weighted by molar-refractivity contribution is 5.94. The molecule has 0 aliphatic carbocycles. The molecule has 1 heterocycles. The second-order valence-electron chi connectivity index (χ2n) is 5.01. The Hall–Kier alpha value is -1.59. The van der Waals surface area contributed by atoms with Crippen LogP contribution in [-0.2, 0) is 11.3 Å². The fourth-order valence-electron chi connectivity index (χ4n) is 2.33. The lowest BCUT2D eigenvalue weighted by Gasteiger charge is -2.22. The molecule has 1 saturated heterocycles. The molecule has 1 aliphatic rings. The third-order valence-electron chi connectivity index (χ3n) is 3.40. The van der Waals surface area contributed by atoms with E-state index in [1.807, 2.05) is 47.9 Å². The molecule has 5 heteroatoms. The lowest BCUT2D eigenvalue weighted by molar-refractivity contribution is 0.141. The average Bonchev–Trinajstić information content (AvgIpc) is 2.78. The highest BCUT2D eigenvalue weighted by Gasteiger charge is 2.30. The van der Waals surface area contributed by atoms with Gasteiger partial charge >= 0.3 is 6.03 Å². The molecule has 2 amide bonds. The Morgan fingerprint density at radius 1 is 1.37 bits per heavy atom. The number of rotatable bonds is 5. The zero-order chi connectivity index (χ0) is 13.8. The number of nitrogens with two attached hydrogens (primary N) is 1. The van der Waals surface area contributed by atoms with E-state index in [-0.39, 0.29) is 12.1 Å². The normalized spacial score (nSPS) is 15.7. The van der Waals surface area contributed by atoms with Crippen LogP contribution in [0.3, 0.4) is 0 Å². The number of hydrogen-bond donors (Lipinski definition) is 1. The van der Waals surface area contributed by atoms with E-state index < -0.39 is 0 Å². The fraction of sp³-hybridized carbons (Fsp3) is 0.500. The van der Waals surface area contributed by atoms with Crippen LogP contribution in [0.1, 0.15) is 19.4 Å². The van der Waals surface area contributed by atoms with Crippen molar-refractivity contribution in [2.24, 2.45) is 5.90 Å². The van der Waals surface area contributed by atoms with Crippen molar-refractivity contribution < 1.29 is 9.63 Å². The maximum atomic E-state index is 12.3. The van der Waals surface area contributed by atoms with Gasteiger partial charge in [0.05, 0.1) is 6.61 Å². The molecule has 1 fully saturated rings. The summed E-state index contributed by atoms with van der Waals surface area (Å²) in [5, 5.41) is 0. The summed E-state index contributed by atoms with van der Waals surface area (Å²) in [6.45, 7) is 6.09. The largest absolute Gasteiger partial charge is 0.324 e. The number of nitrogens with zero attached hydrogens (tertiary/aromatic N) is 2. The van der Waals surface area contributed by atoms with E-state index in [2.05, 4.69) is 4.84 Å². The lowest BCUT2D eigenvalue weighted by atomic mass is 10.1. The van der Waals surface area contributed by atoms with Crippen LogP contribution in [0.2, 0.25) is 0 Å². The van der Waals surface area contributed by atoms with Crippen LogP contribution < -0.4 is 10.8 Å². The maximum Gasteiger partial charge on any atom is 0.324 e. The Balaban J connectivity index is 2.12. The number of anilines is 1. The Morgan fingerprint density at radius 3 is 2.79 bits per heavy atom. The van der Waals surface area contributed by atoms with E-state index in [0.717, 1.165) is 30.8 Å². The van der Waals surface area contributed by atoms with Crippen LogP contribution >= 0.6 is 0 Å². The number of urea groups is 1. The molecule has 104 valence electrons. The molecule has 0 bridgehead atoms. The summed E-state index contributed by atoms with van der Waals surface area (Å²) in [4.78, 5) is 20.6. The van der Waals surface area contributed by atoms with Crippen molar-refractivity contribution in [2.75, 3.05) is 24.6 Å². The van der Waals surface area contributed by atoms with Crippen molar-refractivity contribution in [2.45, 2.75) is 26.3 Å². The highest BCUT2D eigenvalue weighted by atomic mass is 16.6. The zero-order valence-electron chi connectivity index (χ0n) is 11.5. The summed E-state index contributed by atoms with van der Waals surface area (Å²) in [5.74, 6) is 5.04. The van der Waals surface area contributed by atoms with Gasteiger partial charge in [0, 0.05) is 24.8 Å². The number of carbonyl (C=O) groups excluding carboxylic acids is 1. The first-order valence-electron chi connectivity index (χ1n) is 6.62. The monoisotopic (exact) mass is 263 g/mol. The van der Waals surface area contributed by atoms with Gasteiger partial charge < -0.3 is 9.74 Å². The van der Waals surface area contributed by atoms with E-state index in [1.165, 1.54) is 0 Å². The Labute approximate surface area is 113 Å². The Morgan fingerprint density at radius 2 is 2.16 bits per heavy atom. The fourth-order valence-corrected chi connectivity index (χ4v) is 2.33. The van der Waals surface area contributed by atoms with Gasteiger partial charge in [-0.05, 0) is 38.0 Å². The minimum Gasteiger partial charge on any atom is -0.320 e. The van der Waals surface area contributed by atoms with Crippen molar-refractivity contribution >= 4 is 11.7 Å². The van der Waals surface area contributed by atoms with E-state index >= 15 is 0 Å². The molecule has 2 rings (SSSR count). The highest BCUT2D eigenvalue weighted by Crippen LogP contribution is 2.22. The van der Waals surface area contributed by atoms with Gasteiger partial charge in [-0.3, -0.25) is 4.90 Å². The molecule has 1 aromatic carbocycles. The van der Waals surface area contributed by atoms with Crippen molar-refractivity contribution in [3.8, 4) is 0 Å². The number of hydrogen-bond acceptors (Lipinski definition) is 3. The minimum absolute atomic E-state index is 0.0854. The average molecular weight is 263 g/mol. The molecule has 5 nitrogen and oxygen atoms in total. The summed E-state index contributed by atoms with van der Waals surface area (Å²) in [7, 11) is 0. The quantitative estimate of drug-likeness (QED) is 0.824. The van der Waals surface area contributed by atoms with Crippen molar-refractivity contribution in [1.29, 1.82) is 0 Å². The first-order valence-corrected chi connectivity index (χ1v) is 6.62. The van der Waals surface area contributed by atoms with E-state index in [0.29, 0.717) is 6.61 Å². The third kappa shape index (κ3) is 3.05. The molecule has 0 atom stereocenters. The van der Waals surface area contributed by atoms with Gasteiger partial charge in [-0.2, -0.15) is 0 Å². The summed E-state index contributed by atoms with van der Waals surface area (Å²) in [6, 6.07) is 8.30. The van der Waals surface area contributed by atoms with E-state index in [9.17, 15) is 4.79 Å². The van der Waals surface area contributed by atoms with Gasteiger partial charge in [-0.25, -0.2) is 10.7 Å². The van der Waals surface area contributed by atoms with Gasteiger partial charge in [0.25, 0.3) is 0 Å². The van der Waals surface area contributed by atoms with Crippen molar-refractivity contribution in [3.63, 3.8) is 0 Å². The van der Waals surface area contributed by atoms with Gasteiger partial charge in [-0.15, -0.1) is 0 Å². The molecule has 0 saturated carbocycles. The standard InChI is InChI=1S/C14H21N3O2/c1-11(2)16-7-8-17(14(16)18)13-5-3-4-12(10-13)6-9-19-15/h3-5,10-11H,6-9,15H2,1-2H3. The van der Waals surface area contributed by atoms with E-state index in [1.54, 1.807) is 0 Å². The molecular weight excluding hydrogens is 242 g/mol. The van der Waals surface area contributed by atoms with Crippen molar-refractivity contribution in [1.82, 2.24) is 4.90 Å². The Bertz CT molecular complexity index is 448. The molecule has 0 unspecified atom stereocenters. The maximum absolute atomic E-state index is 12.3. The second-order valence-corrected chi connectivity index (χ2v) is 5.01. The predicted octanol–water partition coefficient (Wildman–Crippen LogP) is 1.77. The SMILES string of the molecule is CC(C)N1CCN(c2cccc(CCON)c2)C1=O. The van der Waals surface area contributed by atoms with Gasteiger partial charge in [-0.1, -0.05) is 12.1 Å². The summed E-state index contributed by atoms with van der Waals surface area (Å²) in [6.07, 6.45) is 0.750. The lowest BCUT2D eigenvalue weighted by Crippen LogP contribution is -2.36. The van der Waals surface area contributed by atoms with Crippen LogP contribution in [0.5, 0.6) is 0 Å². The number of benzene rings is 1. The zero-order valence-corrected chi connectivity index (χ0v) is 11.5. The van der Waals surface area contributed by atoms with Crippen LogP contribution in [0.4, 0.5) is 10.5 Å². The van der Waals surface area contributed by atoms with Gasteiger partial charge in [0.1, 0.15) is 0 Å². The summed E-state index contributed by atoms with van der Waals surface area (Å²) >= 11 is 0. The van der Waals surface area contributed by atoms with Crippen molar-refractivity contribution in [3.05, 3.63) is 29.8 Å². The first kappa shape index (κ1) is 13.8. The minimum atomic E-state index is 0.0854. The summed E-state index contributed by atoms with van der Waals surface area (Å²) < 4.78 is 0. The number of amides is 2. The van der Waals surface area contributed by atoms with E-state index in [4.69, 9.17) is 5.90 Å². The third-order valence-corrected chi connectivity index (χ3v) is 3.40. The molecule has 2 N–H and O–H groups in total. The number of carbonyl (C=O) groups is 1. The van der Waals surface area contributed by atoms with Crippen LogP contribution in [0, 0.1) is 0 Å². The molecule has 0 aromatic heterocycles. The Kier molecular flexibility index (Phi) is 4.39. The van der Waals surface area contributed by atoms with Gasteiger partial charge in [0.2, 0.25) is 0 Å². The molecule has 0 spiro atoms. The first-order chi connectivity index (χ1) is 9.13. The second kappa shape index (κ2) is 6.04. The van der Waals surface area contributed by atoms with Crippen LogP contribution in [0.15, 0.2) is 24.3 Å². The molecular formula is C14H21N3O2. The molecule has 1 aromatic rings. The molecule has 1 aliphatic heterocycles. The summed E-state index contributed by atoms with van der Waals surface area (Å²) in [5.41, 5.74) is 2.07. The van der Waals surface area contributed by atoms with Crippen LogP contribution in [-0.4, -0.2) is 36.7 Å². The topological polar surface area (TPSA) is 58.8 Å². The van der Waals surface area contributed by atoms with Gasteiger partial charge in [0.15, 0.2) is 0 Å². The predicted molar refractivity (Wildman–Crippen MR) is 74.9 cm³/mol. The van der Waals surface area contributed by atoms with Crippen LogP contribution in [0.25, 0.3) is 0 Å². The molecule has 19 heavy (non-hydrogen) atoms.